The third kappa shape index (κ3) is 2.67. The predicted molar refractivity (Wildman–Crippen MR) is 72.8 cm³/mol. The number of carbonyl (C=O) groups excluding carboxylic acids is 2. The Bertz CT molecular complexity index is 474. The molecule has 1 heterocycles. The van der Waals surface area contributed by atoms with Crippen molar-refractivity contribution in [2.24, 2.45) is 0 Å². The summed E-state index contributed by atoms with van der Waals surface area (Å²) in [5.41, 5.74) is 0.847. The van der Waals surface area contributed by atoms with Crippen molar-refractivity contribution in [3.8, 4) is 0 Å². The first kappa shape index (κ1) is 13.0. The Morgan fingerprint density at radius 1 is 1.39 bits per heavy atom. The SMILES string of the molecule is CN(C)C(=O)CN1C(=O)CCSc2ccccc21. The third-order valence-electron chi connectivity index (χ3n) is 2.82. The Morgan fingerprint density at radius 3 is 2.83 bits per heavy atom. The van der Waals surface area contributed by atoms with Crippen molar-refractivity contribution in [2.75, 3.05) is 31.3 Å². The molecule has 0 atom stereocenters. The summed E-state index contributed by atoms with van der Waals surface area (Å²) in [4.78, 5) is 28.0. The molecule has 1 aromatic rings. The van der Waals surface area contributed by atoms with E-state index in [1.54, 1.807) is 30.8 Å². The minimum Gasteiger partial charge on any atom is -0.347 e. The maximum atomic E-state index is 12.1. The molecule has 0 aromatic heterocycles. The number of thioether (sulfide) groups is 1. The predicted octanol–water partition coefficient (Wildman–Crippen LogP) is 1.60. The monoisotopic (exact) mass is 264 g/mol. The van der Waals surface area contributed by atoms with Gasteiger partial charge >= 0.3 is 0 Å². The number of likely N-dealkylation sites (N-methyl/N-ethyl adjacent to an activating group) is 1. The van der Waals surface area contributed by atoms with Gasteiger partial charge in [0, 0.05) is 31.2 Å². The molecule has 1 aromatic carbocycles. The van der Waals surface area contributed by atoms with Crippen molar-refractivity contribution in [1.82, 2.24) is 4.90 Å². The van der Waals surface area contributed by atoms with Crippen LogP contribution in [-0.2, 0) is 9.59 Å². The smallest absolute Gasteiger partial charge is 0.242 e. The quantitative estimate of drug-likeness (QED) is 0.814. The lowest BCUT2D eigenvalue weighted by atomic mass is 10.2. The molecule has 4 nitrogen and oxygen atoms in total. The Balaban J connectivity index is 2.31. The summed E-state index contributed by atoms with van der Waals surface area (Å²) in [5, 5.41) is 0. The van der Waals surface area contributed by atoms with Crippen LogP contribution in [0.5, 0.6) is 0 Å². The first-order valence-electron chi connectivity index (χ1n) is 5.82. The van der Waals surface area contributed by atoms with Crippen LogP contribution in [0, 0.1) is 0 Å². The highest BCUT2D eigenvalue weighted by atomic mass is 32.2. The van der Waals surface area contributed by atoms with Gasteiger partial charge in [-0.05, 0) is 12.1 Å². The van der Waals surface area contributed by atoms with Gasteiger partial charge in [0.2, 0.25) is 11.8 Å². The molecule has 96 valence electrons. The average molecular weight is 264 g/mol. The van der Waals surface area contributed by atoms with Crippen molar-refractivity contribution in [2.45, 2.75) is 11.3 Å². The lowest BCUT2D eigenvalue weighted by Crippen LogP contribution is -2.40. The standard InChI is InChI=1S/C13H16N2O2S/c1-14(2)13(17)9-15-10-5-3-4-6-11(10)18-8-7-12(15)16/h3-6H,7-9H2,1-2H3. The fraction of sp³-hybridized carbons (Fsp3) is 0.385. The van der Waals surface area contributed by atoms with E-state index < -0.39 is 0 Å². The number of hydrogen-bond donors (Lipinski definition) is 0. The van der Waals surface area contributed by atoms with Crippen LogP contribution < -0.4 is 4.90 Å². The second-order valence-corrected chi connectivity index (χ2v) is 5.47. The number of rotatable bonds is 2. The van der Waals surface area contributed by atoms with Crippen LogP contribution in [-0.4, -0.2) is 43.1 Å². The van der Waals surface area contributed by atoms with Crippen LogP contribution >= 0.6 is 11.8 Å². The van der Waals surface area contributed by atoms with E-state index in [1.165, 1.54) is 4.90 Å². The summed E-state index contributed by atoms with van der Waals surface area (Å²) in [5.74, 6) is 0.718. The minimum atomic E-state index is -0.0648. The van der Waals surface area contributed by atoms with Crippen molar-refractivity contribution in [3.63, 3.8) is 0 Å². The molecule has 0 saturated carbocycles. The zero-order valence-electron chi connectivity index (χ0n) is 10.5. The van der Waals surface area contributed by atoms with Crippen molar-refractivity contribution in [3.05, 3.63) is 24.3 Å². The highest BCUT2D eigenvalue weighted by molar-refractivity contribution is 7.99. The van der Waals surface area contributed by atoms with E-state index in [2.05, 4.69) is 0 Å². The highest BCUT2D eigenvalue weighted by Crippen LogP contribution is 2.33. The highest BCUT2D eigenvalue weighted by Gasteiger charge is 2.24. The zero-order valence-corrected chi connectivity index (χ0v) is 11.4. The van der Waals surface area contributed by atoms with E-state index in [0.717, 1.165) is 16.3 Å². The van der Waals surface area contributed by atoms with E-state index in [4.69, 9.17) is 0 Å². The van der Waals surface area contributed by atoms with Crippen LogP contribution in [0.25, 0.3) is 0 Å². The first-order valence-corrected chi connectivity index (χ1v) is 6.80. The summed E-state index contributed by atoms with van der Waals surface area (Å²) in [6, 6.07) is 7.74. The molecular weight excluding hydrogens is 248 g/mol. The van der Waals surface area contributed by atoms with Crippen LogP contribution in [0.15, 0.2) is 29.2 Å². The second kappa shape index (κ2) is 5.44. The lowest BCUT2D eigenvalue weighted by molar-refractivity contribution is -0.129. The molecule has 0 aliphatic carbocycles. The maximum absolute atomic E-state index is 12.1. The third-order valence-corrected chi connectivity index (χ3v) is 3.89. The number of para-hydroxylation sites is 1. The summed E-state index contributed by atoms with van der Waals surface area (Å²) in [6.07, 6.45) is 0.472. The number of hydrogen-bond acceptors (Lipinski definition) is 3. The zero-order chi connectivity index (χ0) is 13.1. The minimum absolute atomic E-state index is 0.0163. The largest absolute Gasteiger partial charge is 0.347 e. The molecule has 1 aliphatic rings. The normalized spacial score (nSPS) is 15.0. The molecule has 0 radical (unpaired) electrons. The molecule has 0 bridgehead atoms. The summed E-state index contributed by atoms with van der Waals surface area (Å²) in [7, 11) is 3.40. The number of anilines is 1. The van der Waals surface area contributed by atoms with Gasteiger partial charge in [-0.25, -0.2) is 0 Å². The molecule has 5 heteroatoms. The maximum Gasteiger partial charge on any atom is 0.242 e. The van der Waals surface area contributed by atoms with Crippen LogP contribution in [0.4, 0.5) is 5.69 Å². The fourth-order valence-corrected chi connectivity index (χ4v) is 2.77. The van der Waals surface area contributed by atoms with Crippen LogP contribution in [0.2, 0.25) is 0 Å². The molecule has 0 saturated heterocycles. The van der Waals surface area contributed by atoms with Crippen LogP contribution in [0.1, 0.15) is 6.42 Å². The molecule has 2 rings (SSSR count). The van der Waals surface area contributed by atoms with Crippen molar-refractivity contribution >= 4 is 29.3 Å². The number of benzene rings is 1. The van der Waals surface area contributed by atoms with Crippen molar-refractivity contribution in [1.29, 1.82) is 0 Å². The van der Waals surface area contributed by atoms with Gasteiger partial charge in [-0.2, -0.15) is 0 Å². The molecule has 1 aliphatic heterocycles. The Labute approximate surface area is 111 Å². The van der Waals surface area contributed by atoms with Gasteiger partial charge in [0.15, 0.2) is 0 Å². The van der Waals surface area contributed by atoms with Gasteiger partial charge in [-0.1, -0.05) is 12.1 Å². The first-order chi connectivity index (χ1) is 8.59. The Hall–Kier alpha value is -1.49. The Morgan fingerprint density at radius 2 is 2.11 bits per heavy atom. The average Bonchev–Trinajstić information content (AvgIpc) is 2.50. The fourth-order valence-electron chi connectivity index (χ4n) is 1.77. The number of carbonyl (C=O) groups is 2. The van der Waals surface area contributed by atoms with Gasteiger partial charge in [0.25, 0.3) is 0 Å². The van der Waals surface area contributed by atoms with Gasteiger partial charge in [0.05, 0.1) is 5.69 Å². The van der Waals surface area contributed by atoms with E-state index in [-0.39, 0.29) is 18.4 Å². The number of amides is 2. The topological polar surface area (TPSA) is 40.6 Å². The van der Waals surface area contributed by atoms with E-state index in [9.17, 15) is 9.59 Å². The lowest BCUT2D eigenvalue weighted by Gasteiger charge is -2.23. The van der Waals surface area contributed by atoms with E-state index >= 15 is 0 Å². The van der Waals surface area contributed by atoms with Crippen molar-refractivity contribution < 1.29 is 9.59 Å². The molecule has 0 N–H and O–H groups in total. The van der Waals surface area contributed by atoms with Gasteiger partial charge in [-0.15, -0.1) is 11.8 Å². The molecule has 0 spiro atoms. The summed E-state index contributed by atoms with van der Waals surface area (Å²) in [6.45, 7) is 0.114. The number of nitrogens with zero attached hydrogens (tertiary/aromatic N) is 2. The van der Waals surface area contributed by atoms with E-state index in [1.807, 2.05) is 24.3 Å². The molecule has 0 unspecified atom stereocenters. The number of fused-ring (bicyclic) bond motifs is 1. The molecule has 2 amide bonds. The molecule has 18 heavy (non-hydrogen) atoms. The summed E-state index contributed by atoms with van der Waals surface area (Å²) < 4.78 is 0. The molecular formula is C13H16N2O2S. The Kier molecular flexibility index (Phi) is 3.91. The van der Waals surface area contributed by atoms with Gasteiger partial charge in [-0.3, -0.25) is 9.59 Å². The second-order valence-electron chi connectivity index (χ2n) is 4.33. The molecule has 0 fully saturated rings. The van der Waals surface area contributed by atoms with E-state index in [0.29, 0.717) is 6.42 Å². The summed E-state index contributed by atoms with van der Waals surface area (Å²) >= 11 is 1.67. The van der Waals surface area contributed by atoms with Gasteiger partial charge in [0.1, 0.15) is 6.54 Å². The van der Waals surface area contributed by atoms with Gasteiger partial charge < -0.3 is 9.80 Å². The van der Waals surface area contributed by atoms with Crippen LogP contribution in [0.3, 0.4) is 0 Å².